The Kier molecular flexibility index (Phi) is 6.13. The Bertz CT molecular complexity index is 1170. The van der Waals surface area contributed by atoms with Gasteiger partial charge in [0, 0.05) is 29.2 Å². The Morgan fingerprint density at radius 2 is 1.56 bits per heavy atom. The molecule has 0 unspecified atom stereocenters. The van der Waals surface area contributed by atoms with Crippen LogP contribution in [0.15, 0.2) is 54.1 Å². The molecule has 0 saturated carbocycles. The van der Waals surface area contributed by atoms with Crippen LogP contribution in [0.25, 0.3) is 11.1 Å². The molecule has 4 rings (SSSR count). The number of benzene rings is 3. The van der Waals surface area contributed by atoms with Gasteiger partial charge in [0.05, 0.1) is 14.2 Å². The fraction of sp³-hybridized carbons (Fsp3) is 0.286. The number of methoxy groups -OCH3 is 2. The third-order valence-corrected chi connectivity index (χ3v) is 6.24. The molecule has 0 aromatic heterocycles. The monoisotopic (exact) mass is 430 g/mol. The molecule has 3 aromatic rings. The molecule has 32 heavy (non-hydrogen) atoms. The van der Waals surface area contributed by atoms with Crippen molar-refractivity contribution in [1.29, 1.82) is 0 Å². The van der Waals surface area contributed by atoms with E-state index < -0.39 is 0 Å². The standard InChI is InChI=1S/C28H30O4/c1-17(2)5-10-21-20-11-12-23-24(15-18-6-8-19(29)9-7-18)26(31-3)16-27(32-4)28(23)22(20)13-14-25(21)30/h5-9,13-14,16,29-30H,10-12,15H2,1-4H3. The minimum absolute atomic E-state index is 0.259. The van der Waals surface area contributed by atoms with Crippen LogP contribution in [0, 0.1) is 0 Å². The number of hydrogen-bond acceptors (Lipinski definition) is 4. The topological polar surface area (TPSA) is 58.9 Å². The van der Waals surface area contributed by atoms with Crippen molar-refractivity contribution in [3.63, 3.8) is 0 Å². The van der Waals surface area contributed by atoms with Gasteiger partial charge in [-0.25, -0.2) is 0 Å². The van der Waals surface area contributed by atoms with Crippen molar-refractivity contribution in [2.45, 2.75) is 39.5 Å². The molecule has 0 spiro atoms. The molecule has 166 valence electrons. The molecule has 1 aliphatic carbocycles. The molecular weight excluding hydrogens is 400 g/mol. The lowest BCUT2D eigenvalue weighted by Gasteiger charge is -2.28. The van der Waals surface area contributed by atoms with Gasteiger partial charge in [0.1, 0.15) is 23.0 Å². The summed E-state index contributed by atoms with van der Waals surface area (Å²) in [6.45, 7) is 4.15. The second-order valence-corrected chi connectivity index (χ2v) is 8.53. The fourth-order valence-corrected chi connectivity index (χ4v) is 4.64. The van der Waals surface area contributed by atoms with E-state index >= 15 is 0 Å². The summed E-state index contributed by atoms with van der Waals surface area (Å²) in [4.78, 5) is 0. The van der Waals surface area contributed by atoms with Crippen molar-refractivity contribution < 1.29 is 19.7 Å². The second-order valence-electron chi connectivity index (χ2n) is 8.53. The maximum absolute atomic E-state index is 10.6. The molecule has 1 aliphatic rings. The molecule has 3 aromatic carbocycles. The van der Waals surface area contributed by atoms with E-state index in [0.29, 0.717) is 18.6 Å². The SMILES string of the molecule is COc1cc(OC)c2c(c1Cc1ccc(O)cc1)CCc1c-2ccc(O)c1CC=C(C)C. The second kappa shape index (κ2) is 8.99. The quantitative estimate of drug-likeness (QED) is 0.472. The van der Waals surface area contributed by atoms with Gasteiger partial charge in [-0.1, -0.05) is 29.8 Å². The third kappa shape index (κ3) is 4.05. The first-order valence-corrected chi connectivity index (χ1v) is 10.9. The van der Waals surface area contributed by atoms with E-state index in [1.165, 1.54) is 16.7 Å². The zero-order chi connectivity index (χ0) is 22.8. The molecule has 0 amide bonds. The summed E-state index contributed by atoms with van der Waals surface area (Å²) in [6.07, 6.45) is 5.27. The van der Waals surface area contributed by atoms with Crippen LogP contribution >= 0.6 is 0 Å². The fourth-order valence-electron chi connectivity index (χ4n) is 4.64. The van der Waals surface area contributed by atoms with Gasteiger partial charge < -0.3 is 19.7 Å². The van der Waals surface area contributed by atoms with Crippen molar-refractivity contribution >= 4 is 0 Å². The van der Waals surface area contributed by atoms with E-state index in [-0.39, 0.29) is 5.75 Å². The summed E-state index contributed by atoms with van der Waals surface area (Å²) in [5.41, 5.74) is 9.08. The lowest BCUT2D eigenvalue weighted by Crippen LogP contribution is -2.12. The van der Waals surface area contributed by atoms with Gasteiger partial charge in [-0.2, -0.15) is 0 Å². The first kappa shape index (κ1) is 21.8. The Morgan fingerprint density at radius 1 is 0.875 bits per heavy atom. The molecule has 0 bridgehead atoms. The van der Waals surface area contributed by atoms with Gasteiger partial charge >= 0.3 is 0 Å². The molecule has 0 fully saturated rings. The van der Waals surface area contributed by atoms with Crippen molar-refractivity contribution in [3.8, 4) is 34.1 Å². The number of allylic oxidation sites excluding steroid dienone is 2. The highest BCUT2D eigenvalue weighted by Gasteiger charge is 2.28. The molecule has 0 atom stereocenters. The lowest BCUT2D eigenvalue weighted by molar-refractivity contribution is 0.391. The summed E-state index contributed by atoms with van der Waals surface area (Å²) in [5, 5.41) is 20.3. The van der Waals surface area contributed by atoms with Crippen molar-refractivity contribution in [2.24, 2.45) is 0 Å². The molecule has 0 aliphatic heterocycles. The maximum Gasteiger partial charge on any atom is 0.130 e. The summed E-state index contributed by atoms with van der Waals surface area (Å²) >= 11 is 0. The Hall–Kier alpha value is -3.40. The van der Waals surface area contributed by atoms with Gasteiger partial charge in [-0.15, -0.1) is 0 Å². The van der Waals surface area contributed by atoms with E-state index in [9.17, 15) is 10.2 Å². The average molecular weight is 431 g/mol. The van der Waals surface area contributed by atoms with E-state index in [4.69, 9.17) is 9.47 Å². The molecule has 0 saturated heterocycles. The summed E-state index contributed by atoms with van der Waals surface area (Å²) in [5.74, 6) is 2.20. The Morgan fingerprint density at radius 3 is 2.22 bits per heavy atom. The summed E-state index contributed by atoms with van der Waals surface area (Å²) < 4.78 is 11.6. The van der Waals surface area contributed by atoms with Gasteiger partial charge in [0.2, 0.25) is 0 Å². The minimum atomic E-state index is 0.259. The normalized spacial score (nSPS) is 12.0. The number of aromatic hydroxyl groups is 2. The lowest BCUT2D eigenvalue weighted by atomic mass is 9.78. The van der Waals surface area contributed by atoms with Gasteiger partial charge in [0.25, 0.3) is 0 Å². The molecule has 2 N–H and O–H groups in total. The highest BCUT2D eigenvalue weighted by molar-refractivity contribution is 5.83. The first-order valence-electron chi connectivity index (χ1n) is 10.9. The van der Waals surface area contributed by atoms with Crippen LogP contribution in [-0.2, 0) is 25.7 Å². The average Bonchev–Trinajstić information content (AvgIpc) is 2.79. The van der Waals surface area contributed by atoms with E-state index in [1.54, 1.807) is 32.4 Å². The van der Waals surface area contributed by atoms with E-state index in [2.05, 4.69) is 19.9 Å². The minimum Gasteiger partial charge on any atom is -0.508 e. The van der Waals surface area contributed by atoms with E-state index in [0.717, 1.165) is 52.2 Å². The third-order valence-electron chi connectivity index (χ3n) is 6.24. The van der Waals surface area contributed by atoms with Crippen LogP contribution in [-0.4, -0.2) is 24.4 Å². The van der Waals surface area contributed by atoms with Crippen molar-refractivity contribution in [3.05, 3.63) is 81.9 Å². The largest absolute Gasteiger partial charge is 0.508 e. The smallest absolute Gasteiger partial charge is 0.130 e. The molecule has 4 nitrogen and oxygen atoms in total. The maximum atomic E-state index is 10.6. The van der Waals surface area contributed by atoms with Crippen LogP contribution in [0.5, 0.6) is 23.0 Å². The number of hydrogen-bond donors (Lipinski definition) is 2. The van der Waals surface area contributed by atoms with Gasteiger partial charge in [-0.3, -0.25) is 0 Å². The first-order chi connectivity index (χ1) is 15.4. The zero-order valence-electron chi connectivity index (χ0n) is 19.2. The predicted octanol–water partition coefficient (Wildman–Crippen LogP) is 5.98. The van der Waals surface area contributed by atoms with Crippen LogP contribution in [0.4, 0.5) is 0 Å². The van der Waals surface area contributed by atoms with Crippen LogP contribution < -0.4 is 9.47 Å². The van der Waals surface area contributed by atoms with Gasteiger partial charge in [0.15, 0.2) is 0 Å². The number of rotatable bonds is 6. The highest BCUT2D eigenvalue weighted by Crippen LogP contribution is 2.47. The molecule has 0 radical (unpaired) electrons. The highest BCUT2D eigenvalue weighted by atomic mass is 16.5. The zero-order valence-corrected chi connectivity index (χ0v) is 19.2. The number of phenolic OH excluding ortho intramolecular Hbond substituents is 2. The predicted molar refractivity (Wildman–Crippen MR) is 128 cm³/mol. The number of fused-ring (bicyclic) bond motifs is 3. The Balaban J connectivity index is 1.90. The van der Waals surface area contributed by atoms with Gasteiger partial charge in [-0.05, 0) is 73.6 Å². The van der Waals surface area contributed by atoms with Crippen LogP contribution in [0.2, 0.25) is 0 Å². The van der Waals surface area contributed by atoms with Crippen LogP contribution in [0.3, 0.4) is 0 Å². The molecule has 4 heteroatoms. The van der Waals surface area contributed by atoms with Crippen LogP contribution in [0.1, 0.15) is 41.7 Å². The van der Waals surface area contributed by atoms with E-state index in [1.807, 2.05) is 24.3 Å². The number of ether oxygens (including phenoxy) is 2. The molecular formula is C28H30O4. The molecule has 0 heterocycles. The number of phenols is 2. The van der Waals surface area contributed by atoms with Crippen molar-refractivity contribution in [1.82, 2.24) is 0 Å². The Labute approximate surface area is 189 Å². The summed E-state index contributed by atoms with van der Waals surface area (Å²) in [6, 6.07) is 13.1. The van der Waals surface area contributed by atoms with Crippen molar-refractivity contribution in [2.75, 3.05) is 14.2 Å². The summed E-state index contributed by atoms with van der Waals surface area (Å²) in [7, 11) is 3.38.